The minimum absolute atomic E-state index is 0.528. The Hall–Kier alpha value is -1.05. The van der Waals surface area contributed by atoms with Crippen molar-refractivity contribution >= 4 is 5.84 Å². The molecule has 0 bridgehead atoms. The van der Waals surface area contributed by atoms with Crippen LogP contribution in [0.15, 0.2) is 29.3 Å². The predicted molar refractivity (Wildman–Crippen MR) is 60.5 cm³/mol. The molecule has 1 aliphatic heterocycles. The average molecular weight is 190 g/mol. The summed E-state index contributed by atoms with van der Waals surface area (Å²) in [6.07, 6.45) is 13.7. The van der Waals surface area contributed by atoms with Crippen molar-refractivity contribution in [3.63, 3.8) is 0 Å². The van der Waals surface area contributed by atoms with E-state index in [0.29, 0.717) is 5.92 Å². The Balaban J connectivity index is 2.03. The van der Waals surface area contributed by atoms with E-state index in [9.17, 15) is 0 Å². The molecule has 0 aromatic carbocycles. The van der Waals surface area contributed by atoms with Crippen LogP contribution in [0.2, 0.25) is 0 Å². The summed E-state index contributed by atoms with van der Waals surface area (Å²) in [4.78, 5) is 4.56. The molecular formula is C12H18N2. The van der Waals surface area contributed by atoms with Crippen molar-refractivity contribution in [1.29, 1.82) is 0 Å². The summed E-state index contributed by atoms with van der Waals surface area (Å²) in [6, 6.07) is 0. The lowest BCUT2D eigenvalue weighted by molar-refractivity contribution is 0.633. The lowest BCUT2D eigenvalue weighted by Gasteiger charge is -2.21. The van der Waals surface area contributed by atoms with Gasteiger partial charge in [0.25, 0.3) is 0 Å². The fourth-order valence-corrected chi connectivity index (χ4v) is 1.95. The van der Waals surface area contributed by atoms with Crippen LogP contribution in [0.4, 0.5) is 0 Å². The second kappa shape index (κ2) is 4.99. The number of hydrogen-bond acceptors (Lipinski definition) is 2. The number of hydrogen-bond donors (Lipinski definition) is 1. The summed E-state index contributed by atoms with van der Waals surface area (Å²) in [6.45, 7) is 2.10. The van der Waals surface area contributed by atoms with Gasteiger partial charge >= 0.3 is 0 Å². The van der Waals surface area contributed by atoms with Crippen LogP contribution in [0.5, 0.6) is 0 Å². The van der Waals surface area contributed by atoms with Crippen molar-refractivity contribution in [3.8, 4) is 0 Å². The van der Waals surface area contributed by atoms with Crippen molar-refractivity contribution in [1.82, 2.24) is 5.32 Å². The van der Waals surface area contributed by atoms with Gasteiger partial charge in [-0.05, 0) is 25.7 Å². The summed E-state index contributed by atoms with van der Waals surface area (Å²) in [7, 11) is 0. The summed E-state index contributed by atoms with van der Waals surface area (Å²) in [5.41, 5.74) is 0. The number of nitrogens with zero attached hydrogens (tertiary/aromatic N) is 1. The molecule has 2 rings (SSSR count). The van der Waals surface area contributed by atoms with E-state index < -0.39 is 0 Å². The van der Waals surface area contributed by atoms with Gasteiger partial charge in [-0.2, -0.15) is 0 Å². The monoisotopic (exact) mass is 190 g/mol. The fraction of sp³-hybridized carbons (Fsp3) is 0.583. The number of aliphatic imine (C=N–C) groups is 1. The largest absolute Gasteiger partial charge is 0.373 e. The molecule has 0 radical (unpaired) electrons. The van der Waals surface area contributed by atoms with Crippen LogP contribution in [0.3, 0.4) is 0 Å². The zero-order chi connectivity index (χ0) is 9.64. The van der Waals surface area contributed by atoms with Crippen LogP contribution >= 0.6 is 0 Å². The smallest absolute Gasteiger partial charge is 0.103 e. The van der Waals surface area contributed by atoms with Crippen molar-refractivity contribution in [2.75, 3.05) is 13.1 Å². The van der Waals surface area contributed by atoms with Gasteiger partial charge in [0.05, 0.1) is 0 Å². The first-order valence-corrected chi connectivity index (χ1v) is 5.58. The highest BCUT2D eigenvalue weighted by molar-refractivity contribution is 5.86. The molecule has 1 N–H and O–H groups in total. The first-order chi connectivity index (χ1) is 6.97. The summed E-state index contributed by atoms with van der Waals surface area (Å²) < 4.78 is 0. The summed E-state index contributed by atoms with van der Waals surface area (Å²) in [5.74, 6) is 1.74. The second-order valence-corrected chi connectivity index (χ2v) is 3.90. The normalized spacial score (nSPS) is 32.0. The molecule has 14 heavy (non-hydrogen) atoms. The molecule has 1 unspecified atom stereocenters. The standard InChI is InChI=1S/C12H18N2/c1-2-4-7-11(8-5-3-1)12-13-9-6-10-14-12/h1-2,4,7,11H,3,5-6,8-10H2,(H,13,14)/b2-1-,7-4-. The maximum Gasteiger partial charge on any atom is 0.103 e. The fourth-order valence-electron chi connectivity index (χ4n) is 1.95. The van der Waals surface area contributed by atoms with Gasteiger partial charge in [0.15, 0.2) is 0 Å². The van der Waals surface area contributed by atoms with Crippen LogP contribution < -0.4 is 5.32 Å². The van der Waals surface area contributed by atoms with Crippen molar-refractivity contribution in [2.45, 2.75) is 25.7 Å². The molecule has 0 saturated carbocycles. The van der Waals surface area contributed by atoms with E-state index in [2.05, 4.69) is 34.6 Å². The summed E-state index contributed by atoms with van der Waals surface area (Å²) >= 11 is 0. The van der Waals surface area contributed by atoms with Gasteiger partial charge in [0.2, 0.25) is 0 Å². The lowest BCUT2D eigenvalue weighted by atomic mass is 9.97. The molecule has 0 saturated heterocycles. The lowest BCUT2D eigenvalue weighted by Crippen LogP contribution is -2.34. The highest BCUT2D eigenvalue weighted by Crippen LogP contribution is 2.15. The van der Waals surface area contributed by atoms with E-state index in [-0.39, 0.29) is 0 Å². The van der Waals surface area contributed by atoms with E-state index in [1.807, 2.05) is 0 Å². The molecule has 0 fully saturated rings. The van der Waals surface area contributed by atoms with Crippen LogP contribution in [0.1, 0.15) is 25.7 Å². The number of allylic oxidation sites excluding steroid dienone is 3. The Labute approximate surface area is 85.8 Å². The number of amidine groups is 1. The van der Waals surface area contributed by atoms with E-state index in [1.165, 1.54) is 31.5 Å². The molecule has 1 aliphatic carbocycles. The van der Waals surface area contributed by atoms with E-state index >= 15 is 0 Å². The first-order valence-electron chi connectivity index (χ1n) is 5.58. The molecule has 2 nitrogen and oxygen atoms in total. The van der Waals surface area contributed by atoms with Crippen LogP contribution in [-0.2, 0) is 0 Å². The third-order valence-corrected chi connectivity index (χ3v) is 2.75. The van der Waals surface area contributed by atoms with Gasteiger partial charge in [0, 0.05) is 19.0 Å². The molecular weight excluding hydrogens is 172 g/mol. The molecule has 0 spiro atoms. The predicted octanol–water partition coefficient (Wildman–Crippen LogP) is 2.29. The van der Waals surface area contributed by atoms with Crippen molar-refractivity contribution in [2.24, 2.45) is 10.9 Å². The molecule has 1 atom stereocenters. The topological polar surface area (TPSA) is 24.4 Å². The Morgan fingerprint density at radius 1 is 1.29 bits per heavy atom. The van der Waals surface area contributed by atoms with E-state index in [0.717, 1.165) is 13.1 Å². The van der Waals surface area contributed by atoms with Crippen LogP contribution in [0, 0.1) is 5.92 Å². The second-order valence-electron chi connectivity index (χ2n) is 3.90. The van der Waals surface area contributed by atoms with E-state index in [4.69, 9.17) is 0 Å². The average Bonchev–Trinajstić information content (AvgIpc) is 2.18. The molecule has 1 heterocycles. The summed E-state index contributed by atoms with van der Waals surface area (Å²) in [5, 5.41) is 3.41. The van der Waals surface area contributed by atoms with Crippen LogP contribution in [0.25, 0.3) is 0 Å². The van der Waals surface area contributed by atoms with Crippen molar-refractivity contribution in [3.05, 3.63) is 24.3 Å². The highest BCUT2D eigenvalue weighted by atomic mass is 15.0. The highest BCUT2D eigenvalue weighted by Gasteiger charge is 2.14. The van der Waals surface area contributed by atoms with Gasteiger partial charge < -0.3 is 5.32 Å². The zero-order valence-electron chi connectivity index (χ0n) is 8.58. The maximum atomic E-state index is 4.56. The van der Waals surface area contributed by atoms with Gasteiger partial charge in [-0.1, -0.05) is 24.3 Å². The van der Waals surface area contributed by atoms with Crippen molar-refractivity contribution < 1.29 is 0 Å². The van der Waals surface area contributed by atoms with Gasteiger partial charge in [-0.25, -0.2) is 0 Å². The minimum Gasteiger partial charge on any atom is -0.373 e. The first kappa shape index (κ1) is 9.50. The third-order valence-electron chi connectivity index (χ3n) is 2.75. The Kier molecular flexibility index (Phi) is 3.39. The Morgan fingerprint density at radius 2 is 2.29 bits per heavy atom. The SMILES string of the molecule is C1=C\CCCC(C2=NCCCN2)\C=C/1. The molecule has 0 amide bonds. The zero-order valence-corrected chi connectivity index (χ0v) is 8.58. The molecule has 0 aromatic heterocycles. The molecule has 76 valence electrons. The van der Waals surface area contributed by atoms with Crippen LogP contribution in [-0.4, -0.2) is 18.9 Å². The molecule has 0 aromatic rings. The number of nitrogens with one attached hydrogen (secondary N) is 1. The van der Waals surface area contributed by atoms with Gasteiger partial charge in [-0.15, -0.1) is 0 Å². The van der Waals surface area contributed by atoms with E-state index in [1.54, 1.807) is 0 Å². The Bertz CT molecular complexity index is 263. The van der Waals surface area contributed by atoms with Gasteiger partial charge in [-0.3, -0.25) is 4.99 Å². The third kappa shape index (κ3) is 2.47. The number of rotatable bonds is 1. The molecule has 2 aliphatic rings. The Morgan fingerprint density at radius 3 is 3.14 bits per heavy atom. The minimum atomic E-state index is 0.528. The molecule has 2 heteroatoms. The van der Waals surface area contributed by atoms with Gasteiger partial charge in [0.1, 0.15) is 5.84 Å². The quantitative estimate of drug-likeness (QED) is 0.674. The maximum absolute atomic E-state index is 4.56.